The Kier molecular flexibility index (Phi) is 4.99. The maximum Gasteiger partial charge on any atom is 0.118 e. The first-order valence-corrected chi connectivity index (χ1v) is 6.71. The molecule has 0 spiro atoms. The number of rotatable bonds is 6. The summed E-state index contributed by atoms with van der Waals surface area (Å²) in [4.78, 5) is 0. The molecule has 0 fully saturated rings. The Balaban J connectivity index is 2.14. The van der Waals surface area contributed by atoms with Crippen LogP contribution < -0.4 is 10.5 Å². The van der Waals surface area contributed by atoms with Crippen LogP contribution in [0.4, 0.5) is 0 Å². The molecule has 2 rings (SSSR count). The van der Waals surface area contributed by atoms with Crippen molar-refractivity contribution in [2.24, 2.45) is 5.73 Å². The van der Waals surface area contributed by atoms with Crippen molar-refractivity contribution < 1.29 is 4.74 Å². The Labute approximate surface area is 115 Å². The van der Waals surface area contributed by atoms with Crippen molar-refractivity contribution in [2.45, 2.75) is 18.8 Å². The van der Waals surface area contributed by atoms with Gasteiger partial charge in [-0.3, -0.25) is 0 Å². The van der Waals surface area contributed by atoms with Gasteiger partial charge in [-0.15, -0.1) is 0 Å². The Bertz CT molecular complexity index is 478. The number of hydrogen-bond donors (Lipinski definition) is 1. The molecule has 19 heavy (non-hydrogen) atoms. The standard InChI is InChI=1S/C17H21NO/c1-19-17-9-7-15(8-10-17)16(11-12-18)13-14-5-3-2-4-6-14/h2-10,16H,11-13,18H2,1H3/t16-/m1/s1. The smallest absolute Gasteiger partial charge is 0.118 e. The van der Waals surface area contributed by atoms with Gasteiger partial charge in [-0.2, -0.15) is 0 Å². The van der Waals surface area contributed by atoms with E-state index in [1.54, 1.807) is 7.11 Å². The molecular weight excluding hydrogens is 234 g/mol. The van der Waals surface area contributed by atoms with E-state index in [0.717, 1.165) is 18.6 Å². The second-order valence-corrected chi connectivity index (χ2v) is 4.74. The van der Waals surface area contributed by atoms with E-state index in [0.29, 0.717) is 12.5 Å². The second kappa shape index (κ2) is 6.95. The maximum atomic E-state index is 5.75. The monoisotopic (exact) mass is 255 g/mol. The molecule has 0 heterocycles. The van der Waals surface area contributed by atoms with Crippen LogP contribution in [0.5, 0.6) is 5.75 Å². The lowest BCUT2D eigenvalue weighted by molar-refractivity contribution is 0.414. The molecule has 2 aromatic carbocycles. The molecule has 0 bridgehead atoms. The highest BCUT2D eigenvalue weighted by Gasteiger charge is 2.11. The van der Waals surface area contributed by atoms with E-state index in [2.05, 4.69) is 42.5 Å². The van der Waals surface area contributed by atoms with Crippen molar-refractivity contribution in [2.75, 3.05) is 13.7 Å². The Hall–Kier alpha value is -1.80. The third-order valence-corrected chi connectivity index (χ3v) is 3.43. The SMILES string of the molecule is COc1ccc([C@H](CCN)Cc2ccccc2)cc1. The van der Waals surface area contributed by atoms with Crippen LogP contribution in [0.2, 0.25) is 0 Å². The van der Waals surface area contributed by atoms with Gasteiger partial charge in [0.25, 0.3) is 0 Å². The van der Waals surface area contributed by atoms with Crippen molar-refractivity contribution in [1.82, 2.24) is 0 Å². The summed E-state index contributed by atoms with van der Waals surface area (Å²) < 4.78 is 5.20. The molecule has 2 aromatic rings. The first kappa shape index (κ1) is 13.6. The van der Waals surface area contributed by atoms with Gasteiger partial charge in [0.1, 0.15) is 5.75 Å². The lowest BCUT2D eigenvalue weighted by Crippen LogP contribution is -2.10. The van der Waals surface area contributed by atoms with Crippen LogP contribution in [-0.4, -0.2) is 13.7 Å². The van der Waals surface area contributed by atoms with Crippen LogP contribution in [0.3, 0.4) is 0 Å². The molecule has 0 amide bonds. The van der Waals surface area contributed by atoms with E-state index in [1.165, 1.54) is 11.1 Å². The topological polar surface area (TPSA) is 35.2 Å². The molecule has 0 aromatic heterocycles. The largest absolute Gasteiger partial charge is 0.497 e. The van der Waals surface area contributed by atoms with Gasteiger partial charge in [0, 0.05) is 0 Å². The van der Waals surface area contributed by atoms with Gasteiger partial charge in [-0.05, 0) is 48.6 Å². The van der Waals surface area contributed by atoms with Gasteiger partial charge in [0.2, 0.25) is 0 Å². The van der Waals surface area contributed by atoms with Crippen LogP contribution >= 0.6 is 0 Å². The highest BCUT2D eigenvalue weighted by atomic mass is 16.5. The molecule has 1 atom stereocenters. The number of benzene rings is 2. The van der Waals surface area contributed by atoms with Crippen molar-refractivity contribution >= 4 is 0 Å². The van der Waals surface area contributed by atoms with Gasteiger partial charge >= 0.3 is 0 Å². The molecule has 0 aliphatic carbocycles. The summed E-state index contributed by atoms with van der Waals surface area (Å²) >= 11 is 0. The quantitative estimate of drug-likeness (QED) is 0.859. The lowest BCUT2D eigenvalue weighted by atomic mass is 9.89. The van der Waals surface area contributed by atoms with Crippen LogP contribution in [-0.2, 0) is 6.42 Å². The molecule has 2 nitrogen and oxygen atoms in total. The van der Waals surface area contributed by atoms with Gasteiger partial charge < -0.3 is 10.5 Å². The summed E-state index contributed by atoms with van der Waals surface area (Å²) in [6, 6.07) is 18.9. The zero-order valence-corrected chi connectivity index (χ0v) is 11.4. The first-order chi connectivity index (χ1) is 9.33. The van der Waals surface area contributed by atoms with Gasteiger partial charge in [0.15, 0.2) is 0 Å². The summed E-state index contributed by atoms with van der Waals surface area (Å²) in [5.74, 6) is 1.37. The number of nitrogens with two attached hydrogens (primary N) is 1. The van der Waals surface area contributed by atoms with Gasteiger partial charge in [-0.1, -0.05) is 42.5 Å². The highest BCUT2D eigenvalue weighted by Crippen LogP contribution is 2.25. The molecule has 100 valence electrons. The van der Waals surface area contributed by atoms with E-state index in [-0.39, 0.29) is 0 Å². The molecule has 0 aliphatic rings. The summed E-state index contributed by atoms with van der Waals surface area (Å²) in [6.07, 6.45) is 2.03. The Morgan fingerprint density at radius 2 is 1.68 bits per heavy atom. The number of methoxy groups -OCH3 is 1. The lowest BCUT2D eigenvalue weighted by Gasteiger charge is -2.17. The van der Waals surface area contributed by atoms with Crippen molar-refractivity contribution in [3.05, 3.63) is 65.7 Å². The fraction of sp³-hybridized carbons (Fsp3) is 0.294. The van der Waals surface area contributed by atoms with Crippen LogP contribution in [0.1, 0.15) is 23.5 Å². The zero-order chi connectivity index (χ0) is 13.5. The van der Waals surface area contributed by atoms with Crippen LogP contribution in [0.25, 0.3) is 0 Å². The predicted octanol–water partition coefficient (Wildman–Crippen LogP) is 3.37. The van der Waals surface area contributed by atoms with Gasteiger partial charge in [0.05, 0.1) is 7.11 Å². The summed E-state index contributed by atoms with van der Waals surface area (Å²) in [7, 11) is 1.69. The highest BCUT2D eigenvalue weighted by molar-refractivity contribution is 5.31. The van der Waals surface area contributed by atoms with Crippen molar-refractivity contribution in [1.29, 1.82) is 0 Å². The third-order valence-electron chi connectivity index (χ3n) is 3.43. The van der Waals surface area contributed by atoms with Crippen LogP contribution in [0, 0.1) is 0 Å². The second-order valence-electron chi connectivity index (χ2n) is 4.74. The molecule has 0 aliphatic heterocycles. The minimum Gasteiger partial charge on any atom is -0.497 e. The molecule has 2 N–H and O–H groups in total. The van der Waals surface area contributed by atoms with Crippen molar-refractivity contribution in [3.8, 4) is 5.75 Å². The maximum absolute atomic E-state index is 5.75. The number of hydrogen-bond acceptors (Lipinski definition) is 2. The average molecular weight is 255 g/mol. The van der Waals surface area contributed by atoms with E-state index >= 15 is 0 Å². The molecule has 0 saturated carbocycles. The predicted molar refractivity (Wildman–Crippen MR) is 79.6 cm³/mol. The summed E-state index contributed by atoms with van der Waals surface area (Å²) in [5, 5.41) is 0. The third kappa shape index (κ3) is 3.83. The minimum atomic E-state index is 0.471. The van der Waals surface area contributed by atoms with E-state index in [9.17, 15) is 0 Å². The van der Waals surface area contributed by atoms with E-state index in [4.69, 9.17) is 10.5 Å². The summed E-state index contributed by atoms with van der Waals surface area (Å²) in [6.45, 7) is 0.712. The van der Waals surface area contributed by atoms with E-state index in [1.807, 2.05) is 12.1 Å². The molecular formula is C17H21NO. The first-order valence-electron chi connectivity index (χ1n) is 6.71. The fourth-order valence-electron chi connectivity index (χ4n) is 2.36. The Morgan fingerprint density at radius 3 is 2.26 bits per heavy atom. The normalized spacial score (nSPS) is 12.1. The average Bonchev–Trinajstić information content (AvgIpc) is 2.48. The van der Waals surface area contributed by atoms with Gasteiger partial charge in [-0.25, -0.2) is 0 Å². The van der Waals surface area contributed by atoms with E-state index < -0.39 is 0 Å². The Morgan fingerprint density at radius 1 is 1.00 bits per heavy atom. The number of ether oxygens (including phenoxy) is 1. The van der Waals surface area contributed by atoms with Crippen molar-refractivity contribution in [3.63, 3.8) is 0 Å². The zero-order valence-electron chi connectivity index (χ0n) is 11.4. The minimum absolute atomic E-state index is 0.471. The molecule has 0 unspecified atom stereocenters. The fourth-order valence-corrected chi connectivity index (χ4v) is 2.36. The molecule has 2 heteroatoms. The molecule has 0 saturated heterocycles. The molecule has 0 radical (unpaired) electrons. The van der Waals surface area contributed by atoms with Crippen LogP contribution in [0.15, 0.2) is 54.6 Å². The summed E-state index contributed by atoms with van der Waals surface area (Å²) in [5.41, 5.74) is 8.44.